The summed E-state index contributed by atoms with van der Waals surface area (Å²) in [6, 6.07) is 14.7. The molecule has 0 saturated heterocycles. The van der Waals surface area contributed by atoms with Gasteiger partial charge < -0.3 is 23.7 Å². The number of rotatable bonds is 9. The molecule has 1 aromatic heterocycles. The largest absolute Gasteiger partial charge is 0.508 e. The maximum atomic E-state index is 11.7. The average molecular weight is 411 g/mol. The van der Waals surface area contributed by atoms with Gasteiger partial charge in [-0.2, -0.15) is 0 Å². The fourth-order valence-electron chi connectivity index (χ4n) is 3.03. The first-order valence-electron chi connectivity index (χ1n) is 9.59. The number of methoxy groups -OCH3 is 2. The lowest BCUT2D eigenvalue weighted by molar-refractivity contribution is -0.152. The van der Waals surface area contributed by atoms with Crippen LogP contribution < -0.4 is 4.74 Å². The number of aromatic nitrogens is 1. The van der Waals surface area contributed by atoms with Crippen LogP contribution in [0.5, 0.6) is 11.5 Å². The Morgan fingerprint density at radius 3 is 2.60 bits per heavy atom. The van der Waals surface area contributed by atoms with E-state index in [2.05, 4.69) is 9.72 Å². The molecular weight excluding hydrogens is 386 g/mol. The highest BCUT2D eigenvalue weighted by molar-refractivity contribution is 5.75. The summed E-state index contributed by atoms with van der Waals surface area (Å²) in [6.07, 6.45) is -0.00400. The Labute approximate surface area is 175 Å². The van der Waals surface area contributed by atoms with Gasteiger partial charge in [0.25, 0.3) is 0 Å². The second-order valence-electron chi connectivity index (χ2n) is 6.73. The van der Waals surface area contributed by atoms with Gasteiger partial charge in [-0.15, -0.1) is 0 Å². The topological polar surface area (TPSA) is 91.0 Å². The predicted octanol–water partition coefficient (Wildman–Crippen LogP) is 3.71. The fraction of sp³-hybridized carbons (Fsp3) is 0.304. The molecule has 3 aromatic rings. The first-order chi connectivity index (χ1) is 14.5. The molecule has 1 N–H and O–H groups in total. The monoisotopic (exact) mass is 411 g/mol. The van der Waals surface area contributed by atoms with Crippen LogP contribution in [0.1, 0.15) is 17.0 Å². The van der Waals surface area contributed by atoms with Crippen LogP contribution >= 0.6 is 0 Å². The molecule has 7 heteroatoms. The lowest BCUT2D eigenvalue weighted by Crippen LogP contribution is -2.26. The summed E-state index contributed by atoms with van der Waals surface area (Å²) in [6.45, 7) is 2.26. The van der Waals surface area contributed by atoms with Crippen LogP contribution in [0.3, 0.4) is 0 Å². The number of hydrogen-bond acceptors (Lipinski definition) is 7. The Kier molecular flexibility index (Phi) is 7.08. The third-order valence-electron chi connectivity index (χ3n) is 4.73. The summed E-state index contributed by atoms with van der Waals surface area (Å²) in [7, 11) is 2.72. The first kappa shape index (κ1) is 21.4. The second kappa shape index (κ2) is 9.93. The van der Waals surface area contributed by atoms with E-state index in [9.17, 15) is 9.90 Å². The summed E-state index contributed by atoms with van der Waals surface area (Å²) in [5.41, 5.74) is 2.32. The molecule has 3 rings (SSSR count). The third kappa shape index (κ3) is 5.18. The van der Waals surface area contributed by atoms with Crippen LogP contribution in [0.25, 0.3) is 11.5 Å². The Morgan fingerprint density at radius 1 is 1.17 bits per heavy atom. The lowest BCUT2D eigenvalue weighted by Gasteiger charge is -2.14. The SMILES string of the molecule is COC(=O)C(Cc1ccc(OCCc2nc(-c3ccccc3)oc2C)cc1O)OC. The van der Waals surface area contributed by atoms with Crippen molar-refractivity contribution in [1.82, 2.24) is 4.98 Å². The summed E-state index contributed by atoms with van der Waals surface area (Å²) in [5.74, 6) is 1.40. The number of aryl methyl sites for hydroxylation is 1. The highest BCUT2D eigenvalue weighted by atomic mass is 16.6. The summed E-state index contributed by atoms with van der Waals surface area (Å²) >= 11 is 0. The van der Waals surface area contributed by atoms with E-state index in [1.165, 1.54) is 20.3 Å². The molecule has 158 valence electrons. The number of phenolic OH excluding ortho intramolecular Hbond substituents is 1. The minimum absolute atomic E-state index is 0.0300. The van der Waals surface area contributed by atoms with Gasteiger partial charge in [0.15, 0.2) is 6.10 Å². The third-order valence-corrected chi connectivity index (χ3v) is 4.73. The van der Waals surface area contributed by atoms with Crippen molar-refractivity contribution in [3.63, 3.8) is 0 Å². The zero-order valence-corrected chi connectivity index (χ0v) is 17.3. The van der Waals surface area contributed by atoms with Gasteiger partial charge in [0.2, 0.25) is 5.89 Å². The molecule has 0 fully saturated rings. The van der Waals surface area contributed by atoms with Crippen LogP contribution in [0.15, 0.2) is 52.9 Å². The van der Waals surface area contributed by atoms with E-state index in [1.54, 1.807) is 12.1 Å². The Balaban J connectivity index is 1.58. The maximum Gasteiger partial charge on any atom is 0.335 e. The zero-order chi connectivity index (χ0) is 21.5. The number of oxazole rings is 1. The van der Waals surface area contributed by atoms with E-state index >= 15 is 0 Å². The Bertz CT molecular complexity index is 983. The molecule has 0 aliphatic heterocycles. The summed E-state index contributed by atoms with van der Waals surface area (Å²) < 4.78 is 21.3. The molecule has 1 unspecified atom stereocenters. The maximum absolute atomic E-state index is 11.7. The molecule has 0 aliphatic carbocycles. The highest BCUT2D eigenvalue weighted by Crippen LogP contribution is 2.26. The molecule has 2 aromatic carbocycles. The number of benzene rings is 2. The predicted molar refractivity (Wildman–Crippen MR) is 110 cm³/mol. The van der Waals surface area contributed by atoms with Gasteiger partial charge in [-0.1, -0.05) is 24.3 Å². The van der Waals surface area contributed by atoms with Crippen molar-refractivity contribution in [1.29, 1.82) is 0 Å². The van der Waals surface area contributed by atoms with Gasteiger partial charge in [0, 0.05) is 31.6 Å². The molecule has 7 nitrogen and oxygen atoms in total. The lowest BCUT2D eigenvalue weighted by atomic mass is 10.1. The van der Waals surface area contributed by atoms with E-state index in [4.69, 9.17) is 13.9 Å². The Hall–Kier alpha value is -3.32. The van der Waals surface area contributed by atoms with E-state index in [0.717, 1.165) is 17.0 Å². The second-order valence-corrected chi connectivity index (χ2v) is 6.73. The average Bonchev–Trinajstić information content (AvgIpc) is 3.14. The number of phenols is 1. The molecule has 30 heavy (non-hydrogen) atoms. The minimum Gasteiger partial charge on any atom is -0.508 e. The van der Waals surface area contributed by atoms with Crippen molar-refractivity contribution in [3.8, 4) is 23.0 Å². The van der Waals surface area contributed by atoms with Crippen LogP contribution in [-0.4, -0.2) is 43.0 Å². The van der Waals surface area contributed by atoms with Crippen molar-refractivity contribution in [2.75, 3.05) is 20.8 Å². The number of ether oxygens (including phenoxy) is 3. The van der Waals surface area contributed by atoms with Crippen molar-refractivity contribution < 1.29 is 28.5 Å². The van der Waals surface area contributed by atoms with Crippen LogP contribution in [0.2, 0.25) is 0 Å². The van der Waals surface area contributed by atoms with Crippen LogP contribution in [-0.2, 0) is 27.1 Å². The van der Waals surface area contributed by atoms with Crippen LogP contribution in [0, 0.1) is 6.92 Å². The van der Waals surface area contributed by atoms with Gasteiger partial charge >= 0.3 is 5.97 Å². The Morgan fingerprint density at radius 2 is 1.93 bits per heavy atom. The van der Waals surface area contributed by atoms with Crippen molar-refractivity contribution >= 4 is 5.97 Å². The minimum atomic E-state index is -0.776. The molecule has 0 saturated carbocycles. The number of esters is 1. The van der Waals surface area contributed by atoms with Gasteiger partial charge in [0.05, 0.1) is 19.4 Å². The molecule has 0 bridgehead atoms. The fourth-order valence-corrected chi connectivity index (χ4v) is 3.03. The van der Waals surface area contributed by atoms with E-state index in [-0.39, 0.29) is 12.2 Å². The van der Waals surface area contributed by atoms with E-state index < -0.39 is 12.1 Å². The molecular formula is C23H25NO6. The summed E-state index contributed by atoms with van der Waals surface area (Å²) in [5, 5.41) is 10.3. The quantitative estimate of drug-likeness (QED) is 0.537. The van der Waals surface area contributed by atoms with Crippen molar-refractivity contribution in [3.05, 3.63) is 65.5 Å². The van der Waals surface area contributed by atoms with Gasteiger partial charge in [-0.25, -0.2) is 9.78 Å². The molecule has 1 atom stereocenters. The molecule has 0 amide bonds. The molecule has 1 heterocycles. The molecule has 0 aliphatic rings. The highest BCUT2D eigenvalue weighted by Gasteiger charge is 2.20. The standard InChI is InChI=1S/C23H25NO6/c1-15-19(24-22(30-15)16-7-5-4-6-8-16)11-12-29-18-10-9-17(20(25)14-18)13-21(27-2)23(26)28-3/h4-10,14,21,25H,11-13H2,1-3H3. The van der Waals surface area contributed by atoms with E-state index in [0.29, 0.717) is 30.2 Å². The van der Waals surface area contributed by atoms with Gasteiger partial charge in [-0.05, 0) is 30.7 Å². The van der Waals surface area contributed by atoms with Crippen molar-refractivity contribution in [2.45, 2.75) is 25.9 Å². The molecule has 0 spiro atoms. The number of carbonyl (C=O) groups is 1. The van der Waals surface area contributed by atoms with Crippen LogP contribution in [0.4, 0.5) is 0 Å². The number of hydrogen-bond donors (Lipinski definition) is 1. The number of nitrogens with zero attached hydrogens (tertiary/aromatic N) is 1. The first-order valence-corrected chi connectivity index (χ1v) is 9.59. The van der Waals surface area contributed by atoms with E-state index in [1.807, 2.05) is 37.3 Å². The van der Waals surface area contributed by atoms with Gasteiger partial charge in [-0.3, -0.25) is 0 Å². The van der Waals surface area contributed by atoms with Gasteiger partial charge in [0.1, 0.15) is 17.3 Å². The number of carbonyl (C=O) groups excluding carboxylic acids is 1. The molecule has 0 radical (unpaired) electrons. The summed E-state index contributed by atoms with van der Waals surface area (Å²) in [4.78, 5) is 16.2. The number of aromatic hydroxyl groups is 1. The normalized spacial score (nSPS) is 11.8. The van der Waals surface area contributed by atoms with Crippen molar-refractivity contribution in [2.24, 2.45) is 0 Å². The zero-order valence-electron chi connectivity index (χ0n) is 17.3. The smallest absolute Gasteiger partial charge is 0.335 e.